The number of nitrogens with zero attached hydrogens (tertiary/aromatic N) is 1. The Morgan fingerprint density at radius 2 is 1.95 bits per heavy atom. The van der Waals surface area contributed by atoms with Crippen LogP contribution in [0.1, 0.15) is 43.4 Å². The fraction of sp³-hybridized carbons (Fsp3) is 0.500. The van der Waals surface area contributed by atoms with Crippen LogP contribution in [0.25, 0.3) is 0 Å². The van der Waals surface area contributed by atoms with E-state index < -0.39 is 11.9 Å². The average molecular weight is 273 g/mol. The minimum Gasteiger partial charge on any atom is -0.481 e. The van der Waals surface area contributed by atoms with Crippen LogP contribution in [0.5, 0.6) is 0 Å². The molecular formula is C16H19NO3. The number of hydrogen-bond acceptors (Lipinski definition) is 2. The van der Waals surface area contributed by atoms with E-state index in [1.165, 1.54) is 5.56 Å². The monoisotopic (exact) mass is 273 g/mol. The smallest absolute Gasteiger partial charge is 0.309 e. The van der Waals surface area contributed by atoms with Gasteiger partial charge in [-0.2, -0.15) is 0 Å². The van der Waals surface area contributed by atoms with Gasteiger partial charge in [0.15, 0.2) is 0 Å². The predicted molar refractivity (Wildman–Crippen MR) is 74.2 cm³/mol. The van der Waals surface area contributed by atoms with E-state index in [4.69, 9.17) is 0 Å². The topological polar surface area (TPSA) is 57.6 Å². The van der Waals surface area contributed by atoms with Crippen molar-refractivity contribution in [3.63, 3.8) is 0 Å². The maximum absolute atomic E-state index is 12.1. The summed E-state index contributed by atoms with van der Waals surface area (Å²) in [7, 11) is 0. The van der Waals surface area contributed by atoms with Gasteiger partial charge < -0.3 is 10.0 Å². The van der Waals surface area contributed by atoms with Crippen molar-refractivity contribution in [3.8, 4) is 0 Å². The van der Waals surface area contributed by atoms with E-state index in [1.54, 1.807) is 0 Å². The Morgan fingerprint density at radius 1 is 1.30 bits per heavy atom. The second kappa shape index (κ2) is 4.93. The van der Waals surface area contributed by atoms with Crippen molar-refractivity contribution in [2.75, 3.05) is 0 Å². The van der Waals surface area contributed by atoms with Gasteiger partial charge in [-0.05, 0) is 30.4 Å². The summed E-state index contributed by atoms with van der Waals surface area (Å²) in [6.07, 6.45) is 3.09. The molecule has 1 aromatic rings. The second-order valence-electron chi connectivity index (χ2n) is 5.72. The number of carbonyl (C=O) groups excluding carboxylic acids is 1. The van der Waals surface area contributed by atoms with E-state index in [-0.39, 0.29) is 24.4 Å². The molecule has 1 heterocycles. The minimum atomic E-state index is -0.869. The molecular weight excluding hydrogens is 254 g/mol. The number of amides is 1. The zero-order chi connectivity index (χ0) is 14.3. The van der Waals surface area contributed by atoms with Crippen LogP contribution in [0.4, 0.5) is 0 Å². The first-order chi connectivity index (χ1) is 9.61. The van der Waals surface area contributed by atoms with E-state index in [1.807, 2.05) is 29.2 Å². The summed E-state index contributed by atoms with van der Waals surface area (Å²) in [5.41, 5.74) is 2.18. The van der Waals surface area contributed by atoms with Crippen molar-refractivity contribution in [1.82, 2.24) is 4.90 Å². The molecule has 0 aromatic heterocycles. The van der Waals surface area contributed by atoms with Gasteiger partial charge in [-0.15, -0.1) is 0 Å². The van der Waals surface area contributed by atoms with Crippen molar-refractivity contribution in [2.45, 2.75) is 44.7 Å². The number of aliphatic carboxylic acids is 1. The Morgan fingerprint density at radius 3 is 2.45 bits per heavy atom. The molecule has 1 amide bonds. The lowest BCUT2D eigenvalue weighted by molar-refractivity contribution is -0.142. The lowest BCUT2D eigenvalue weighted by Crippen LogP contribution is -2.32. The maximum Gasteiger partial charge on any atom is 0.309 e. The van der Waals surface area contributed by atoms with Crippen molar-refractivity contribution in [3.05, 3.63) is 35.4 Å². The fourth-order valence-electron chi connectivity index (χ4n) is 3.10. The molecule has 0 spiro atoms. The number of carboxylic acid groups (broad SMARTS) is 1. The highest BCUT2D eigenvalue weighted by atomic mass is 16.4. The Hall–Kier alpha value is -1.84. The van der Waals surface area contributed by atoms with Crippen molar-refractivity contribution >= 4 is 11.9 Å². The zero-order valence-corrected chi connectivity index (χ0v) is 11.6. The van der Waals surface area contributed by atoms with E-state index in [9.17, 15) is 14.7 Å². The van der Waals surface area contributed by atoms with Gasteiger partial charge in [-0.3, -0.25) is 9.59 Å². The van der Waals surface area contributed by atoms with Crippen LogP contribution in [0.2, 0.25) is 0 Å². The molecule has 2 fully saturated rings. The number of hydrogen-bond donors (Lipinski definition) is 1. The molecule has 1 saturated heterocycles. The minimum absolute atomic E-state index is 0.00975. The lowest BCUT2D eigenvalue weighted by Gasteiger charge is -2.27. The average Bonchev–Trinajstić information content (AvgIpc) is 3.22. The van der Waals surface area contributed by atoms with Crippen molar-refractivity contribution in [2.24, 2.45) is 5.92 Å². The third-order valence-corrected chi connectivity index (χ3v) is 4.35. The van der Waals surface area contributed by atoms with Crippen LogP contribution in [0.15, 0.2) is 24.3 Å². The standard InChI is InChI=1S/C16H19NO3/c1-2-10-3-5-11(6-4-10)15-13(16(19)20)9-14(18)17(15)12-7-8-12/h3-6,12-13,15H,2,7-9H2,1H3,(H,19,20). The quantitative estimate of drug-likeness (QED) is 0.916. The van der Waals surface area contributed by atoms with Crippen LogP contribution in [-0.2, 0) is 16.0 Å². The Kier molecular flexibility index (Phi) is 3.24. The van der Waals surface area contributed by atoms with Gasteiger partial charge in [0, 0.05) is 12.5 Å². The van der Waals surface area contributed by atoms with Gasteiger partial charge in [0.25, 0.3) is 0 Å². The molecule has 4 heteroatoms. The van der Waals surface area contributed by atoms with Crippen LogP contribution in [0, 0.1) is 5.92 Å². The number of aryl methyl sites for hydroxylation is 1. The van der Waals surface area contributed by atoms with Gasteiger partial charge >= 0.3 is 5.97 Å². The molecule has 2 unspecified atom stereocenters. The van der Waals surface area contributed by atoms with E-state index in [2.05, 4.69) is 6.92 Å². The van der Waals surface area contributed by atoms with Gasteiger partial charge in [-0.1, -0.05) is 31.2 Å². The molecule has 1 N–H and O–H groups in total. The molecule has 1 aromatic carbocycles. The highest BCUT2D eigenvalue weighted by molar-refractivity contribution is 5.87. The van der Waals surface area contributed by atoms with Crippen LogP contribution in [0.3, 0.4) is 0 Å². The summed E-state index contributed by atoms with van der Waals surface area (Å²) in [5.74, 6) is -1.49. The molecule has 1 aliphatic heterocycles. The van der Waals surface area contributed by atoms with Gasteiger partial charge in [0.05, 0.1) is 12.0 Å². The molecule has 106 valence electrons. The number of benzene rings is 1. The summed E-state index contributed by atoms with van der Waals surface area (Å²) in [6, 6.07) is 7.98. The van der Waals surface area contributed by atoms with Crippen molar-refractivity contribution < 1.29 is 14.7 Å². The van der Waals surface area contributed by atoms with Crippen LogP contribution >= 0.6 is 0 Å². The summed E-state index contributed by atoms with van der Waals surface area (Å²) >= 11 is 0. The maximum atomic E-state index is 12.1. The first kappa shape index (κ1) is 13.2. The summed E-state index contributed by atoms with van der Waals surface area (Å²) in [6.45, 7) is 2.09. The predicted octanol–water partition coefficient (Wildman–Crippen LogP) is 2.39. The molecule has 4 nitrogen and oxygen atoms in total. The third-order valence-electron chi connectivity index (χ3n) is 4.35. The number of rotatable bonds is 4. The summed E-state index contributed by atoms with van der Waals surface area (Å²) < 4.78 is 0. The highest BCUT2D eigenvalue weighted by Gasteiger charge is 2.49. The number of carbonyl (C=O) groups is 2. The largest absolute Gasteiger partial charge is 0.481 e. The fourth-order valence-corrected chi connectivity index (χ4v) is 3.10. The first-order valence-corrected chi connectivity index (χ1v) is 7.24. The first-order valence-electron chi connectivity index (χ1n) is 7.24. The molecule has 20 heavy (non-hydrogen) atoms. The number of likely N-dealkylation sites (tertiary alicyclic amines) is 1. The highest BCUT2D eigenvalue weighted by Crippen LogP contribution is 2.44. The second-order valence-corrected chi connectivity index (χ2v) is 5.72. The van der Waals surface area contributed by atoms with Crippen LogP contribution < -0.4 is 0 Å². The Labute approximate surface area is 118 Å². The van der Waals surface area contributed by atoms with Gasteiger partial charge in [-0.25, -0.2) is 0 Å². The van der Waals surface area contributed by atoms with Crippen molar-refractivity contribution in [1.29, 1.82) is 0 Å². The van der Waals surface area contributed by atoms with Gasteiger partial charge in [0.2, 0.25) is 5.91 Å². The van der Waals surface area contributed by atoms with E-state index in [0.29, 0.717) is 0 Å². The Balaban J connectivity index is 1.95. The Bertz CT molecular complexity index is 533. The third kappa shape index (κ3) is 2.19. The van der Waals surface area contributed by atoms with E-state index in [0.717, 1.165) is 24.8 Å². The molecule has 0 bridgehead atoms. The molecule has 2 aliphatic rings. The molecule has 3 rings (SSSR count). The SMILES string of the molecule is CCc1ccc(C2C(C(=O)O)CC(=O)N2C2CC2)cc1. The molecule has 0 radical (unpaired) electrons. The molecule has 2 atom stereocenters. The normalized spacial score (nSPS) is 26.1. The van der Waals surface area contributed by atoms with Crippen LogP contribution in [-0.4, -0.2) is 27.9 Å². The van der Waals surface area contributed by atoms with Gasteiger partial charge in [0.1, 0.15) is 0 Å². The summed E-state index contributed by atoms with van der Waals surface area (Å²) in [4.78, 5) is 25.4. The zero-order valence-electron chi connectivity index (χ0n) is 11.6. The molecule has 1 aliphatic carbocycles. The number of carboxylic acids is 1. The summed E-state index contributed by atoms with van der Waals surface area (Å²) in [5, 5.41) is 9.40. The van der Waals surface area contributed by atoms with E-state index >= 15 is 0 Å². The molecule has 1 saturated carbocycles. The lowest BCUT2D eigenvalue weighted by atomic mass is 9.93.